The number of benzene rings is 1. The van der Waals surface area contributed by atoms with Crippen LogP contribution in [0, 0.1) is 5.92 Å². The van der Waals surface area contributed by atoms with Gasteiger partial charge < -0.3 is 19.7 Å². The standard InChI is InChI=1S/C23H29N3O3/c1-28-21-8-12-26(16-21)20-6-4-18(5-7-20)23(27)25-22(17-9-13-29-14-10-17)19-3-2-11-24-15-19/h2-7,11,15,17,21-22H,8-10,12-14,16H2,1H3,(H,25,27). The highest BCUT2D eigenvalue weighted by molar-refractivity contribution is 5.94. The topological polar surface area (TPSA) is 63.7 Å². The maximum absolute atomic E-state index is 13.0. The first kappa shape index (κ1) is 19.9. The summed E-state index contributed by atoms with van der Waals surface area (Å²) >= 11 is 0. The van der Waals surface area contributed by atoms with Gasteiger partial charge in [0, 0.05) is 57.1 Å². The fourth-order valence-corrected chi connectivity index (χ4v) is 4.29. The van der Waals surface area contributed by atoms with Crippen LogP contribution in [-0.2, 0) is 9.47 Å². The number of anilines is 1. The maximum atomic E-state index is 13.0. The Morgan fingerprint density at radius 2 is 2.00 bits per heavy atom. The molecule has 1 aromatic heterocycles. The lowest BCUT2D eigenvalue weighted by Gasteiger charge is -2.31. The van der Waals surface area contributed by atoms with E-state index in [0.29, 0.717) is 11.5 Å². The number of rotatable bonds is 6. The fraction of sp³-hybridized carbons (Fsp3) is 0.478. The monoisotopic (exact) mass is 395 g/mol. The number of amides is 1. The number of hydrogen-bond acceptors (Lipinski definition) is 5. The third-order valence-corrected chi connectivity index (χ3v) is 6.04. The van der Waals surface area contributed by atoms with Crippen LogP contribution < -0.4 is 10.2 Å². The first-order valence-electron chi connectivity index (χ1n) is 10.4. The average Bonchev–Trinajstić information content (AvgIpc) is 3.28. The molecular formula is C23H29N3O3. The third-order valence-electron chi connectivity index (χ3n) is 6.04. The Morgan fingerprint density at radius 3 is 2.66 bits per heavy atom. The molecule has 2 saturated heterocycles. The molecule has 1 N–H and O–H groups in total. The van der Waals surface area contributed by atoms with E-state index in [2.05, 4.69) is 15.2 Å². The Morgan fingerprint density at radius 1 is 1.21 bits per heavy atom. The average molecular weight is 396 g/mol. The van der Waals surface area contributed by atoms with Gasteiger partial charge in [0.2, 0.25) is 0 Å². The number of carbonyl (C=O) groups is 1. The summed E-state index contributed by atoms with van der Waals surface area (Å²) in [6.45, 7) is 3.36. The van der Waals surface area contributed by atoms with E-state index in [9.17, 15) is 4.79 Å². The molecule has 2 atom stereocenters. The number of pyridine rings is 1. The van der Waals surface area contributed by atoms with Gasteiger partial charge in [-0.1, -0.05) is 6.07 Å². The van der Waals surface area contributed by atoms with Gasteiger partial charge in [0.15, 0.2) is 0 Å². The van der Waals surface area contributed by atoms with Gasteiger partial charge in [0.05, 0.1) is 12.1 Å². The Labute approximate surface area is 172 Å². The molecule has 1 amide bonds. The highest BCUT2D eigenvalue weighted by Crippen LogP contribution is 2.30. The van der Waals surface area contributed by atoms with E-state index in [1.165, 1.54) is 0 Å². The Balaban J connectivity index is 1.46. The van der Waals surface area contributed by atoms with E-state index in [1.807, 2.05) is 42.6 Å². The predicted octanol–water partition coefficient (Wildman–Crippen LogP) is 3.20. The second-order valence-corrected chi connectivity index (χ2v) is 7.83. The van der Waals surface area contributed by atoms with Gasteiger partial charge in [0.25, 0.3) is 5.91 Å². The van der Waals surface area contributed by atoms with Crippen molar-refractivity contribution in [2.45, 2.75) is 31.4 Å². The lowest BCUT2D eigenvalue weighted by molar-refractivity contribution is 0.0513. The zero-order valence-electron chi connectivity index (χ0n) is 16.9. The first-order valence-corrected chi connectivity index (χ1v) is 10.4. The summed E-state index contributed by atoms with van der Waals surface area (Å²) in [5, 5.41) is 3.26. The SMILES string of the molecule is COC1CCN(c2ccc(C(=O)NC(c3cccnc3)C3CCOCC3)cc2)C1. The minimum Gasteiger partial charge on any atom is -0.381 e. The van der Waals surface area contributed by atoms with Gasteiger partial charge in [-0.2, -0.15) is 0 Å². The number of carbonyl (C=O) groups excluding carboxylic acids is 1. The first-order chi connectivity index (χ1) is 14.2. The number of hydrogen-bond donors (Lipinski definition) is 1. The summed E-state index contributed by atoms with van der Waals surface area (Å²) < 4.78 is 11.0. The summed E-state index contributed by atoms with van der Waals surface area (Å²) in [7, 11) is 1.76. The number of aromatic nitrogens is 1. The van der Waals surface area contributed by atoms with Crippen LogP contribution in [0.15, 0.2) is 48.8 Å². The van der Waals surface area contributed by atoms with Crippen LogP contribution in [0.4, 0.5) is 5.69 Å². The van der Waals surface area contributed by atoms with Gasteiger partial charge in [-0.15, -0.1) is 0 Å². The molecule has 2 unspecified atom stereocenters. The quantitative estimate of drug-likeness (QED) is 0.814. The lowest BCUT2D eigenvalue weighted by atomic mass is 9.87. The predicted molar refractivity (Wildman–Crippen MR) is 112 cm³/mol. The lowest BCUT2D eigenvalue weighted by Crippen LogP contribution is -2.36. The van der Waals surface area contributed by atoms with E-state index in [-0.39, 0.29) is 18.1 Å². The minimum absolute atomic E-state index is 0.0481. The van der Waals surface area contributed by atoms with Crippen molar-refractivity contribution in [1.82, 2.24) is 10.3 Å². The van der Waals surface area contributed by atoms with Gasteiger partial charge >= 0.3 is 0 Å². The third kappa shape index (κ3) is 4.77. The Hall–Kier alpha value is -2.44. The van der Waals surface area contributed by atoms with E-state index < -0.39 is 0 Å². The molecule has 0 aliphatic carbocycles. The highest BCUT2D eigenvalue weighted by Gasteiger charge is 2.28. The van der Waals surface area contributed by atoms with Crippen LogP contribution in [0.2, 0.25) is 0 Å². The number of methoxy groups -OCH3 is 1. The van der Waals surface area contributed by atoms with Crippen LogP contribution in [0.5, 0.6) is 0 Å². The van der Waals surface area contributed by atoms with Crippen LogP contribution >= 0.6 is 0 Å². The molecule has 2 aliphatic heterocycles. The molecule has 6 heteroatoms. The van der Waals surface area contributed by atoms with E-state index in [1.54, 1.807) is 13.3 Å². The zero-order chi connectivity index (χ0) is 20.1. The molecule has 0 radical (unpaired) electrons. The smallest absolute Gasteiger partial charge is 0.251 e. The second kappa shape index (κ2) is 9.37. The fourth-order valence-electron chi connectivity index (χ4n) is 4.29. The molecule has 2 fully saturated rings. The molecule has 0 spiro atoms. The number of nitrogens with zero attached hydrogens (tertiary/aromatic N) is 2. The zero-order valence-corrected chi connectivity index (χ0v) is 16.9. The summed E-state index contributed by atoms with van der Waals surface area (Å²) in [6, 6.07) is 11.8. The van der Waals surface area contributed by atoms with E-state index >= 15 is 0 Å². The maximum Gasteiger partial charge on any atom is 0.251 e. The van der Waals surface area contributed by atoms with Gasteiger partial charge in [-0.3, -0.25) is 9.78 Å². The molecule has 0 bridgehead atoms. The van der Waals surface area contributed by atoms with Crippen molar-refractivity contribution in [3.63, 3.8) is 0 Å². The Bertz CT molecular complexity index is 791. The molecule has 3 heterocycles. The minimum atomic E-state index is -0.0548. The molecule has 1 aromatic carbocycles. The molecule has 2 aliphatic rings. The molecule has 0 saturated carbocycles. The largest absolute Gasteiger partial charge is 0.381 e. The summed E-state index contributed by atoms with van der Waals surface area (Å²) in [4.78, 5) is 19.6. The normalized spacial score (nSPS) is 21.1. The number of ether oxygens (including phenoxy) is 2. The molecule has 29 heavy (non-hydrogen) atoms. The summed E-state index contributed by atoms with van der Waals surface area (Å²) in [6.07, 6.45) is 6.82. The number of nitrogens with one attached hydrogen (secondary N) is 1. The van der Waals surface area contributed by atoms with E-state index in [0.717, 1.165) is 56.8 Å². The van der Waals surface area contributed by atoms with Gasteiger partial charge in [0.1, 0.15) is 0 Å². The van der Waals surface area contributed by atoms with Crippen LogP contribution in [0.1, 0.15) is 41.2 Å². The van der Waals surface area contributed by atoms with Crippen molar-refractivity contribution < 1.29 is 14.3 Å². The molecule has 4 rings (SSSR count). The van der Waals surface area contributed by atoms with Crippen LogP contribution in [0.3, 0.4) is 0 Å². The van der Waals surface area contributed by atoms with Crippen LogP contribution in [0.25, 0.3) is 0 Å². The van der Waals surface area contributed by atoms with Crippen molar-refractivity contribution in [3.05, 3.63) is 59.9 Å². The Kier molecular flexibility index (Phi) is 6.42. The summed E-state index contributed by atoms with van der Waals surface area (Å²) in [5.74, 6) is 0.305. The van der Waals surface area contributed by atoms with Gasteiger partial charge in [-0.05, 0) is 61.1 Å². The van der Waals surface area contributed by atoms with Crippen molar-refractivity contribution in [2.24, 2.45) is 5.92 Å². The second-order valence-electron chi connectivity index (χ2n) is 7.83. The van der Waals surface area contributed by atoms with Crippen molar-refractivity contribution >= 4 is 11.6 Å². The molecule has 154 valence electrons. The van der Waals surface area contributed by atoms with E-state index in [4.69, 9.17) is 9.47 Å². The molecule has 2 aromatic rings. The van der Waals surface area contributed by atoms with Crippen LogP contribution in [-0.4, -0.2) is 50.4 Å². The van der Waals surface area contributed by atoms with Crippen molar-refractivity contribution in [1.29, 1.82) is 0 Å². The molecular weight excluding hydrogens is 366 g/mol. The van der Waals surface area contributed by atoms with Crippen molar-refractivity contribution in [3.8, 4) is 0 Å². The molecule has 6 nitrogen and oxygen atoms in total. The van der Waals surface area contributed by atoms with Gasteiger partial charge in [-0.25, -0.2) is 0 Å². The van der Waals surface area contributed by atoms with Crippen molar-refractivity contribution in [2.75, 3.05) is 38.3 Å². The highest BCUT2D eigenvalue weighted by atomic mass is 16.5. The summed E-state index contributed by atoms with van der Waals surface area (Å²) in [5.41, 5.74) is 2.86.